The number of phenols is 1. The Labute approximate surface area is 168 Å². The number of hydrogen-bond acceptors (Lipinski definition) is 5. The number of nitrogens with zero attached hydrogens (tertiary/aromatic N) is 2. The van der Waals surface area contributed by atoms with Crippen molar-refractivity contribution in [2.45, 2.75) is 39.0 Å². The number of unbranched alkanes of at least 4 members (excludes halogenated alkanes) is 3. The minimum absolute atomic E-state index is 0.163. The minimum atomic E-state index is -0.525. The molecule has 0 spiro atoms. The van der Waals surface area contributed by atoms with Crippen LogP contribution in [0.3, 0.4) is 0 Å². The van der Waals surface area contributed by atoms with Crippen molar-refractivity contribution in [3.63, 3.8) is 0 Å². The Morgan fingerprint density at radius 2 is 1.90 bits per heavy atom. The predicted octanol–water partition coefficient (Wildman–Crippen LogP) is 5.07. The van der Waals surface area contributed by atoms with Gasteiger partial charge in [-0.3, -0.25) is 5.10 Å². The summed E-state index contributed by atoms with van der Waals surface area (Å²) in [5.41, 5.74) is 1.87. The lowest BCUT2D eigenvalue weighted by Crippen LogP contribution is -2.04. The molecule has 0 aliphatic rings. The van der Waals surface area contributed by atoms with Crippen LogP contribution in [0.15, 0.2) is 57.7 Å². The van der Waals surface area contributed by atoms with E-state index in [2.05, 4.69) is 22.1 Å². The summed E-state index contributed by atoms with van der Waals surface area (Å²) in [5, 5.41) is 18.1. The number of aromatic hydroxyl groups is 1. The molecule has 2 heterocycles. The van der Waals surface area contributed by atoms with Gasteiger partial charge in [0.2, 0.25) is 0 Å². The summed E-state index contributed by atoms with van der Waals surface area (Å²) in [6.07, 6.45) is 5.28. The van der Waals surface area contributed by atoms with Crippen LogP contribution in [-0.4, -0.2) is 20.3 Å². The van der Waals surface area contributed by atoms with E-state index in [0.29, 0.717) is 22.8 Å². The molecule has 0 unspecified atom stereocenters. The largest absolute Gasteiger partial charge is 0.508 e. The molecule has 0 fully saturated rings. The fraction of sp³-hybridized carbons (Fsp3) is 0.261. The van der Waals surface area contributed by atoms with Gasteiger partial charge in [0.05, 0.1) is 0 Å². The third kappa shape index (κ3) is 4.06. The molecule has 0 aliphatic carbocycles. The Hall–Kier alpha value is -3.41. The smallest absolute Gasteiger partial charge is 0.347 e. The first kappa shape index (κ1) is 18.9. The first-order valence-corrected chi connectivity index (χ1v) is 9.93. The lowest BCUT2D eigenvalue weighted by Gasteiger charge is -2.07. The Morgan fingerprint density at radius 3 is 2.69 bits per heavy atom. The maximum Gasteiger partial charge on any atom is 0.347 e. The van der Waals surface area contributed by atoms with Crippen LogP contribution in [-0.2, 0) is 6.42 Å². The number of rotatable bonds is 7. The zero-order valence-electron chi connectivity index (χ0n) is 16.3. The summed E-state index contributed by atoms with van der Waals surface area (Å²) < 4.78 is 5.44. The van der Waals surface area contributed by atoms with Crippen molar-refractivity contribution in [1.29, 1.82) is 0 Å². The van der Waals surface area contributed by atoms with Crippen LogP contribution < -0.4 is 5.63 Å². The molecule has 29 heavy (non-hydrogen) atoms. The fourth-order valence-electron chi connectivity index (χ4n) is 3.41. The molecule has 0 bridgehead atoms. The molecule has 4 rings (SSSR count). The second-order valence-electron chi connectivity index (χ2n) is 7.15. The van der Waals surface area contributed by atoms with E-state index < -0.39 is 5.63 Å². The van der Waals surface area contributed by atoms with Crippen molar-refractivity contribution in [3.8, 4) is 28.5 Å². The van der Waals surface area contributed by atoms with Crippen LogP contribution in [0.2, 0.25) is 0 Å². The Bertz CT molecular complexity index is 1180. The van der Waals surface area contributed by atoms with E-state index in [1.165, 1.54) is 18.9 Å². The average molecular weight is 389 g/mol. The Balaban J connectivity index is 1.68. The number of fused-ring (bicyclic) bond motifs is 1. The molecule has 6 nitrogen and oxygen atoms in total. The first-order chi connectivity index (χ1) is 14.2. The highest BCUT2D eigenvalue weighted by molar-refractivity contribution is 5.83. The SMILES string of the molecule is CCCCCCc1cc2cc(-c3nc(-c4ccccc4)n[nH]3)c(=O)oc2cc1O. The predicted molar refractivity (Wildman–Crippen MR) is 113 cm³/mol. The number of H-pyrrole nitrogens is 1. The summed E-state index contributed by atoms with van der Waals surface area (Å²) in [4.78, 5) is 16.9. The van der Waals surface area contributed by atoms with Crippen molar-refractivity contribution in [2.24, 2.45) is 0 Å². The van der Waals surface area contributed by atoms with Gasteiger partial charge in [-0.15, -0.1) is 0 Å². The maximum absolute atomic E-state index is 12.5. The van der Waals surface area contributed by atoms with Crippen molar-refractivity contribution < 1.29 is 9.52 Å². The average Bonchev–Trinajstić information content (AvgIpc) is 3.22. The van der Waals surface area contributed by atoms with E-state index in [-0.39, 0.29) is 5.75 Å². The van der Waals surface area contributed by atoms with Crippen molar-refractivity contribution in [1.82, 2.24) is 15.2 Å². The second-order valence-corrected chi connectivity index (χ2v) is 7.15. The quantitative estimate of drug-likeness (QED) is 0.340. The lowest BCUT2D eigenvalue weighted by molar-refractivity contribution is 0.464. The van der Waals surface area contributed by atoms with Gasteiger partial charge in [0.25, 0.3) is 0 Å². The molecule has 4 aromatic rings. The Kier molecular flexibility index (Phi) is 5.42. The molecule has 148 valence electrons. The molecule has 0 radical (unpaired) electrons. The third-order valence-electron chi connectivity index (χ3n) is 5.01. The fourth-order valence-corrected chi connectivity index (χ4v) is 3.41. The maximum atomic E-state index is 12.5. The van der Waals surface area contributed by atoms with Crippen LogP contribution in [0.1, 0.15) is 38.2 Å². The number of phenolic OH excluding ortho intramolecular Hbond substituents is 1. The van der Waals surface area contributed by atoms with Crippen LogP contribution in [0.25, 0.3) is 33.7 Å². The van der Waals surface area contributed by atoms with Gasteiger partial charge in [0.1, 0.15) is 16.9 Å². The number of aromatic nitrogens is 3. The molecular weight excluding hydrogens is 366 g/mol. The van der Waals surface area contributed by atoms with Crippen molar-refractivity contribution in [2.75, 3.05) is 0 Å². The van der Waals surface area contributed by atoms with Gasteiger partial charge in [-0.2, -0.15) is 5.10 Å². The number of benzene rings is 2. The molecule has 6 heteroatoms. The second kappa shape index (κ2) is 8.31. The van der Waals surface area contributed by atoms with Gasteiger partial charge >= 0.3 is 5.63 Å². The van der Waals surface area contributed by atoms with Crippen LogP contribution >= 0.6 is 0 Å². The summed E-state index contributed by atoms with van der Waals surface area (Å²) >= 11 is 0. The van der Waals surface area contributed by atoms with Crippen LogP contribution in [0.4, 0.5) is 0 Å². The van der Waals surface area contributed by atoms with E-state index in [1.807, 2.05) is 36.4 Å². The van der Waals surface area contributed by atoms with Gasteiger partial charge in [-0.25, -0.2) is 9.78 Å². The van der Waals surface area contributed by atoms with E-state index >= 15 is 0 Å². The summed E-state index contributed by atoms with van der Waals surface area (Å²) in [7, 11) is 0. The van der Waals surface area contributed by atoms with E-state index in [1.54, 1.807) is 6.07 Å². The van der Waals surface area contributed by atoms with E-state index in [0.717, 1.165) is 35.8 Å². The highest BCUT2D eigenvalue weighted by atomic mass is 16.4. The molecule has 0 amide bonds. The normalized spacial score (nSPS) is 11.2. The zero-order valence-corrected chi connectivity index (χ0v) is 16.3. The summed E-state index contributed by atoms with van der Waals surface area (Å²) in [6.45, 7) is 2.17. The first-order valence-electron chi connectivity index (χ1n) is 9.93. The molecular formula is C23H23N3O3. The van der Waals surface area contributed by atoms with Gasteiger partial charge in [-0.1, -0.05) is 56.5 Å². The molecule has 2 aromatic carbocycles. The minimum Gasteiger partial charge on any atom is -0.508 e. The van der Waals surface area contributed by atoms with Crippen LogP contribution in [0.5, 0.6) is 5.75 Å². The number of hydrogen-bond donors (Lipinski definition) is 2. The van der Waals surface area contributed by atoms with Gasteiger partial charge in [-0.05, 0) is 30.5 Å². The van der Waals surface area contributed by atoms with E-state index in [9.17, 15) is 9.90 Å². The monoisotopic (exact) mass is 389 g/mol. The Morgan fingerprint density at radius 1 is 1.07 bits per heavy atom. The van der Waals surface area contributed by atoms with E-state index in [4.69, 9.17) is 4.42 Å². The number of nitrogens with one attached hydrogen (secondary N) is 1. The molecule has 2 N–H and O–H groups in total. The molecule has 0 aliphatic heterocycles. The zero-order chi connectivity index (χ0) is 20.2. The molecule has 0 saturated carbocycles. The van der Waals surface area contributed by atoms with Crippen molar-refractivity contribution >= 4 is 11.0 Å². The molecule has 0 atom stereocenters. The van der Waals surface area contributed by atoms with Crippen molar-refractivity contribution in [3.05, 3.63) is 64.5 Å². The third-order valence-corrected chi connectivity index (χ3v) is 5.01. The number of aryl methyl sites for hydroxylation is 1. The summed E-state index contributed by atoms with van der Waals surface area (Å²) in [6, 6.07) is 14.7. The van der Waals surface area contributed by atoms with Gasteiger partial charge in [0.15, 0.2) is 11.6 Å². The number of aromatic amines is 1. The standard InChI is InChI=1S/C23H23N3O3/c1-2-3-4-6-11-16-12-17-13-18(23(28)29-20(17)14-19(16)27)22-24-21(25-26-22)15-9-7-5-8-10-15/h5,7-10,12-14,27H,2-4,6,11H2,1H3,(H,24,25,26). The lowest BCUT2D eigenvalue weighted by atomic mass is 10.0. The van der Waals surface area contributed by atoms with Gasteiger partial charge in [0, 0.05) is 17.0 Å². The summed E-state index contributed by atoms with van der Waals surface area (Å²) in [5.74, 6) is 1.04. The highest BCUT2D eigenvalue weighted by Crippen LogP contribution is 2.28. The van der Waals surface area contributed by atoms with Crippen LogP contribution in [0, 0.1) is 0 Å². The highest BCUT2D eigenvalue weighted by Gasteiger charge is 2.15. The topological polar surface area (TPSA) is 92.0 Å². The molecule has 0 saturated heterocycles. The molecule has 2 aromatic heterocycles. The van der Waals surface area contributed by atoms with Gasteiger partial charge < -0.3 is 9.52 Å².